The van der Waals surface area contributed by atoms with Crippen molar-refractivity contribution in [2.45, 2.75) is 32.7 Å². The lowest BCUT2D eigenvalue weighted by molar-refractivity contribution is 0.577. The quantitative estimate of drug-likeness (QED) is 0.898. The van der Waals surface area contributed by atoms with Crippen LogP contribution in [0.5, 0.6) is 0 Å². The van der Waals surface area contributed by atoms with Crippen molar-refractivity contribution in [1.82, 2.24) is 0 Å². The summed E-state index contributed by atoms with van der Waals surface area (Å²) in [6.45, 7) is 5.21. The molecule has 0 amide bonds. The zero-order valence-electron chi connectivity index (χ0n) is 10.3. The Morgan fingerprint density at radius 3 is 2.29 bits per heavy atom. The molecule has 1 aromatic carbocycles. The largest absolute Gasteiger partial charge is 0.372 e. The fourth-order valence-electron chi connectivity index (χ4n) is 2.26. The van der Waals surface area contributed by atoms with E-state index in [0.717, 1.165) is 0 Å². The second-order valence-electron chi connectivity index (χ2n) is 4.36. The van der Waals surface area contributed by atoms with E-state index in [2.05, 4.69) is 30.0 Å². The minimum atomic E-state index is 0. The van der Waals surface area contributed by atoms with E-state index < -0.39 is 0 Å². The maximum Gasteiger partial charge on any atom is 0.0369 e. The molecule has 2 rings (SSSR count). The number of nitrogens with zero attached hydrogens (tertiary/aromatic N) is 1. The van der Waals surface area contributed by atoms with Gasteiger partial charge in [0.2, 0.25) is 0 Å². The minimum Gasteiger partial charge on any atom is -0.372 e. The standard InChI is InChI=1S/C13H20N2.2ClH/c1-11-9-13(6-5-12(11)10-14)15-7-3-2-4-8-15;;/h5-6,9H,2-4,7-8,10,14H2,1H3;2*1H. The molecule has 98 valence electrons. The van der Waals surface area contributed by atoms with Crippen LogP contribution in [0.4, 0.5) is 5.69 Å². The Morgan fingerprint density at radius 2 is 1.76 bits per heavy atom. The van der Waals surface area contributed by atoms with E-state index in [9.17, 15) is 0 Å². The lowest BCUT2D eigenvalue weighted by Gasteiger charge is -2.29. The van der Waals surface area contributed by atoms with Gasteiger partial charge in [-0.3, -0.25) is 0 Å². The Morgan fingerprint density at radius 1 is 1.12 bits per heavy atom. The second-order valence-corrected chi connectivity index (χ2v) is 4.36. The predicted molar refractivity (Wildman–Crippen MR) is 79.6 cm³/mol. The fourth-order valence-corrected chi connectivity index (χ4v) is 2.26. The van der Waals surface area contributed by atoms with E-state index in [-0.39, 0.29) is 24.8 Å². The molecular formula is C13H22Cl2N2. The molecule has 1 aromatic rings. The predicted octanol–water partition coefficient (Wildman–Crippen LogP) is 3.29. The van der Waals surface area contributed by atoms with Crippen LogP contribution in [-0.2, 0) is 6.54 Å². The molecule has 1 aliphatic heterocycles. The van der Waals surface area contributed by atoms with Gasteiger partial charge in [-0.15, -0.1) is 24.8 Å². The zero-order chi connectivity index (χ0) is 10.7. The molecule has 0 aromatic heterocycles. The first-order valence-corrected chi connectivity index (χ1v) is 5.86. The van der Waals surface area contributed by atoms with Crippen molar-refractivity contribution < 1.29 is 0 Å². The van der Waals surface area contributed by atoms with Gasteiger partial charge >= 0.3 is 0 Å². The highest BCUT2D eigenvalue weighted by molar-refractivity contribution is 5.85. The van der Waals surface area contributed by atoms with Crippen molar-refractivity contribution in [3.05, 3.63) is 29.3 Å². The molecule has 2 nitrogen and oxygen atoms in total. The zero-order valence-corrected chi connectivity index (χ0v) is 11.9. The van der Waals surface area contributed by atoms with E-state index in [1.807, 2.05) is 0 Å². The average Bonchev–Trinajstić information content (AvgIpc) is 2.30. The molecule has 0 bridgehead atoms. The van der Waals surface area contributed by atoms with Gasteiger partial charge in [-0.2, -0.15) is 0 Å². The number of hydrogen-bond acceptors (Lipinski definition) is 2. The van der Waals surface area contributed by atoms with Gasteiger partial charge in [-0.05, 0) is 49.4 Å². The molecule has 1 saturated heterocycles. The van der Waals surface area contributed by atoms with E-state index in [4.69, 9.17) is 5.73 Å². The molecule has 0 aliphatic carbocycles. The van der Waals surface area contributed by atoms with Crippen LogP contribution in [0.3, 0.4) is 0 Å². The van der Waals surface area contributed by atoms with Crippen molar-refractivity contribution in [1.29, 1.82) is 0 Å². The molecule has 0 saturated carbocycles. The van der Waals surface area contributed by atoms with Crippen LogP contribution in [0.1, 0.15) is 30.4 Å². The van der Waals surface area contributed by atoms with Crippen molar-refractivity contribution in [2.24, 2.45) is 5.73 Å². The maximum absolute atomic E-state index is 5.67. The third-order valence-electron chi connectivity index (χ3n) is 3.27. The lowest BCUT2D eigenvalue weighted by Crippen LogP contribution is -2.29. The summed E-state index contributed by atoms with van der Waals surface area (Å²) in [7, 11) is 0. The van der Waals surface area contributed by atoms with Crippen LogP contribution in [0, 0.1) is 6.92 Å². The first-order valence-electron chi connectivity index (χ1n) is 5.86. The summed E-state index contributed by atoms with van der Waals surface area (Å²) in [5.41, 5.74) is 9.61. The summed E-state index contributed by atoms with van der Waals surface area (Å²) in [5, 5.41) is 0. The maximum atomic E-state index is 5.67. The number of piperidine rings is 1. The van der Waals surface area contributed by atoms with Gasteiger partial charge in [-0.1, -0.05) is 6.07 Å². The summed E-state index contributed by atoms with van der Waals surface area (Å²) in [4.78, 5) is 2.48. The molecule has 0 radical (unpaired) electrons. The van der Waals surface area contributed by atoms with Gasteiger partial charge in [0.15, 0.2) is 0 Å². The van der Waals surface area contributed by atoms with Crippen molar-refractivity contribution in [2.75, 3.05) is 18.0 Å². The van der Waals surface area contributed by atoms with E-state index in [1.54, 1.807) is 0 Å². The summed E-state index contributed by atoms with van der Waals surface area (Å²) >= 11 is 0. The fraction of sp³-hybridized carbons (Fsp3) is 0.538. The Hall–Kier alpha value is -0.440. The molecular weight excluding hydrogens is 255 g/mol. The first kappa shape index (κ1) is 16.6. The molecule has 0 unspecified atom stereocenters. The highest BCUT2D eigenvalue weighted by atomic mass is 35.5. The molecule has 1 fully saturated rings. The van der Waals surface area contributed by atoms with Gasteiger partial charge in [0.25, 0.3) is 0 Å². The van der Waals surface area contributed by atoms with Gasteiger partial charge in [-0.25, -0.2) is 0 Å². The molecule has 2 N–H and O–H groups in total. The summed E-state index contributed by atoms with van der Waals surface area (Å²) < 4.78 is 0. The second kappa shape index (κ2) is 7.80. The smallest absolute Gasteiger partial charge is 0.0369 e. The number of benzene rings is 1. The summed E-state index contributed by atoms with van der Waals surface area (Å²) in [6.07, 6.45) is 4.05. The third-order valence-corrected chi connectivity index (χ3v) is 3.27. The van der Waals surface area contributed by atoms with Crippen LogP contribution in [-0.4, -0.2) is 13.1 Å². The van der Waals surface area contributed by atoms with Gasteiger partial charge in [0.1, 0.15) is 0 Å². The Kier molecular flexibility index (Phi) is 7.60. The molecule has 0 spiro atoms. The molecule has 1 aliphatic rings. The Labute approximate surface area is 116 Å². The Bertz CT molecular complexity index is 336. The van der Waals surface area contributed by atoms with Crippen molar-refractivity contribution in [3.8, 4) is 0 Å². The number of anilines is 1. The van der Waals surface area contributed by atoms with Gasteiger partial charge in [0.05, 0.1) is 0 Å². The number of rotatable bonds is 2. The normalized spacial score (nSPS) is 14.8. The number of halogens is 2. The number of aryl methyl sites for hydroxylation is 1. The topological polar surface area (TPSA) is 29.3 Å². The molecule has 17 heavy (non-hydrogen) atoms. The van der Waals surface area contributed by atoms with Gasteiger partial charge < -0.3 is 10.6 Å². The first-order chi connectivity index (χ1) is 7.31. The van der Waals surface area contributed by atoms with E-state index in [1.165, 1.54) is 49.2 Å². The van der Waals surface area contributed by atoms with E-state index >= 15 is 0 Å². The lowest BCUT2D eigenvalue weighted by atomic mass is 10.1. The van der Waals surface area contributed by atoms with Crippen molar-refractivity contribution in [3.63, 3.8) is 0 Å². The highest BCUT2D eigenvalue weighted by Gasteiger charge is 2.11. The third kappa shape index (κ3) is 4.06. The summed E-state index contributed by atoms with van der Waals surface area (Å²) in [6, 6.07) is 6.65. The Balaban J connectivity index is 0.00000128. The summed E-state index contributed by atoms with van der Waals surface area (Å²) in [5.74, 6) is 0. The average molecular weight is 277 g/mol. The monoisotopic (exact) mass is 276 g/mol. The minimum absolute atomic E-state index is 0. The molecule has 4 heteroatoms. The van der Waals surface area contributed by atoms with Crippen molar-refractivity contribution >= 4 is 30.5 Å². The SMILES string of the molecule is Cc1cc(N2CCCCC2)ccc1CN.Cl.Cl. The van der Waals surface area contributed by atoms with Gasteiger partial charge in [0, 0.05) is 25.3 Å². The molecule has 1 heterocycles. The van der Waals surface area contributed by atoms with Crippen LogP contribution in [0.2, 0.25) is 0 Å². The van der Waals surface area contributed by atoms with E-state index in [0.29, 0.717) is 6.54 Å². The number of hydrogen-bond donors (Lipinski definition) is 1. The van der Waals surface area contributed by atoms with Crippen LogP contribution < -0.4 is 10.6 Å². The van der Waals surface area contributed by atoms with Crippen LogP contribution in [0.15, 0.2) is 18.2 Å². The molecule has 0 atom stereocenters. The van der Waals surface area contributed by atoms with Crippen LogP contribution >= 0.6 is 24.8 Å². The van der Waals surface area contributed by atoms with Crippen LogP contribution in [0.25, 0.3) is 0 Å². The highest BCUT2D eigenvalue weighted by Crippen LogP contribution is 2.22. The number of nitrogens with two attached hydrogens (primary N) is 1.